The smallest absolute Gasteiger partial charge is 0.157 e. The number of hydrogen-bond acceptors (Lipinski definition) is 3. The normalized spacial score (nSPS) is 32.5. The van der Waals surface area contributed by atoms with E-state index < -0.39 is 0 Å². The minimum absolute atomic E-state index is 0.0788. The SMILES string of the molecule is COC1C[C@@H](CC=O)CO1. The number of hydrogen-bond donors (Lipinski definition) is 0. The Balaban J connectivity index is 2.21. The third-order valence-corrected chi connectivity index (χ3v) is 1.74. The maximum Gasteiger partial charge on any atom is 0.157 e. The standard InChI is InChI=1S/C7H12O3/c1-9-7-4-6(2-3-8)5-10-7/h3,6-7H,2,4-5H2,1H3/t6-,7?/m1/s1. The highest BCUT2D eigenvalue weighted by Gasteiger charge is 2.24. The molecule has 0 aromatic rings. The lowest BCUT2D eigenvalue weighted by molar-refractivity contribution is -0.108. The van der Waals surface area contributed by atoms with Gasteiger partial charge in [-0.05, 0) is 5.92 Å². The first kappa shape index (κ1) is 7.69. The van der Waals surface area contributed by atoms with Crippen LogP contribution in [0.25, 0.3) is 0 Å². The van der Waals surface area contributed by atoms with E-state index in [-0.39, 0.29) is 6.29 Å². The molecule has 1 aliphatic rings. The Morgan fingerprint density at radius 3 is 3.10 bits per heavy atom. The molecule has 0 bridgehead atoms. The molecule has 10 heavy (non-hydrogen) atoms. The molecule has 3 heteroatoms. The summed E-state index contributed by atoms with van der Waals surface area (Å²) in [5.74, 6) is 0.377. The van der Waals surface area contributed by atoms with Crippen molar-refractivity contribution in [2.75, 3.05) is 13.7 Å². The molecule has 0 N–H and O–H groups in total. The van der Waals surface area contributed by atoms with Gasteiger partial charge in [-0.2, -0.15) is 0 Å². The van der Waals surface area contributed by atoms with E-state index in [4.69, 9.17) is 9.47 Å². The second-order valence-corrected chi connectivity index (χ2v) is 2.50. The van der Waals surface area contributed by atoms with Gasteiger partial charge in [0.25, 0.3) is 0 Å². The molecule has 1 fully saturated rings. The molecule has 0 spiro atoms. The molecule has 1 aliphatic heterocycles. The van der Waals surface area contributed by atoms with Crippen molar-refractivity contribution in [1.82, 2.24) is 0 Å². The van der Waals surface area contributed by atoms with Gasteiger partial charge in [0.1, 0.15) is 6.29 Å². The molecule has 1 unspecified atom stereocenters. The lowest BCUT2D eigenvalue weighted by atomic mass is 10.1. The highest BCUT2D eigenvalue weighted by molar-refractivity contribution is 5.49. The summed E-state index contributed by atoms with van der Waals surface area (Å²) in [6.07, 6.45) is 2.31. The van der Waals surface area contributed by atoms with Crippen LogP contribution in [0, 0.1) is 5.92 Å². The Bertz CT molecular complexity index is 113. The van der Waals surface area contributed by atoms with Crippen LogP contribution in [0.15, 0.2) is 0 Å². The average molecular weight is 144 g/mol. The van der Waals surface area contributed by atoms with Crippen LogP contribution >= 0.6 is 0 Å². The Hall–Kier alpha value is -0.410. The third kappa shape index (κ3) is 1.78. The second-order valence-electron chi connectivity index (χ2n) is 2.50. The molecule has 0 aromatic heterocycles. The fourth-order valence-electron chi connectivity index (χ4n) is 1.12. The number of rotatable bonds is 3. The summed E-state index contributed by atoms with van der Waals surface area (Å²) in [6, 6.07) is 0. The summed E-state index contributed by atoms with van der Waals surface area (Å²) < 4.78 is 10.1. The third-order valence-electron chi connectivity index (χ3n) is 1.74. The topological polar surface area (TPSA) is 35.5 Å². The fourth-order valence-corrected chi connectivity index (χ4v) is 1.12. The molecule has 0 radical (unpaired) electrons. The molecule has 3 nitrogen and oxygen atoms in total. The van der Waals surface area contributed by atoms with Gasteiger partial charge in [-0.15, -0.1) is 0 Å². The quantitative estimate of drug-likeness (QED) is 0.544. The van der Waals surface area contributed by atoms with Crippen molar-refractivity contribution < 1.29 is 14.3 Å². The largest absolute Gasteiger partial charge is 0.356 e. The monoisotopic (exact) mass is 144 g/mol. The van der Waals surface area contributed by atoms with Crippen LogP contribution in [0.5, 0.6) is 0 Å². The molecule has 1 heterocycles. The van der Waals surface area contributed by atoms with Crippen LogP contribution in [0.2, 0.25) is 0 Å². The molecular formula is C7H12O3. The number of aldehydes is 1. The first-order valence-corrected chi connectivity index (χ1v) is 3.45. The van der Waals surface area contributed by atoms with E-state index in [1.807, 2.05) is 0 Å². The van der Waals surface area contributed by atoms with Gasteiger partial charge >= 0.3 is 0 Å². The molecule has 2 atom stereocenters. The molecule has 58 valence electrons. The van der Waals surface area contributed by atoms with Gasteiger partial charge in [0.05, 0.1) is 6.61 Å². The fraction of sp³-hybridized carbons (Fsp3) is 0.857. The summed E-state index contributed by atoms with van der Waals surface area (Å²) in [5, 5.41) is 0. The summed E-state index contributed by atoms with van der Waals surface area (Å²) in [6.45, 7) is 0.664. The Morgan fingerprint density at radius 2 is 2.60 bits per heavy atom. The molecular weight excluding hydrogens is 132 g/mol. The van der Waals surface area contributed by atoms with Gasteiger partial charge in [0, 0.05) is 20.0 Å². The predicted octanol–water partition coefficient (Wildman–Crippen LogP) is 0.584. The van der Waals surface area contributed by atoms with Crippen molar-refractivity contribution >= 4 is 6.29 Å². The zero-order valence-electron chi connectivity index (χ0n) is 6.08. The Morgan fingerprint density at radius 1 is 1.80 bits per heavy atom. The van der Waals surface area contributed by atoms with E-state index in [1.54, 1.807) is 7.11 Å². The van der Waals surface area contributed by atoms with Crippen LogP contribution in [0.3, 0.4) is 0 Å². The van der Waals surface area contributed by atoms with Crippen molar-refractivity contribution in [2.45, 2.75) is 19.1 Å². The van der Waals surface area contributed by atoms with Gasteiger partial charge in [-0.3, -0.25) is 0 Å². The van der Waals surface area contributed by atoms with E-state index in [9.17, 15) is 4.79 Å². The van der Waals surface area contributed by atoms with E-state index in [0.29, 0.717) is 18.9 Å². The summed E-state index contributed by atoms with van der Waals surface area (Å²) in [7, 11) is 1.62. The second kappa shape index (κ2) is 3.68. The van der Waals surface area contributed by atoms with Crippen molar-refractivity contribution in [3.63, 3.8) is 0 Å². The van der Waals surface area contributed by atoms with Gasteiger partial charge in [0.15, 0.2) is 6.29 Å². The molecule has 0 amide bonds. The maximum atomic E-state index is 10.1. The van der Waals surface area contributed by atoms with E-state index in [1.165, 1.54) is 0 Å². The summed E-state index contributed by atoms with van der Waals surface area (Å²) >= 11 is 0. The van der Waals surface area contributed by atoms with Crippen LogP contribution in [0.1, 0.15) is 12.8 Å². The summed E-state index contributed by atoms with van der Waals surface area (Å²) in [4.78, 5) is 10.1. The van der Waals surface area contributed by atoms with Crippen molar-refractivity contribution in [2.24, 2.45) is 5.92 Å². The van der Waals surface area contributed by atoms with Gasteiger partial charge in [0.2, 0.25) is 0 Å². The minimum atomic E-state index is -0.0788. The van der Waals surface area contributed by atoms with Crippen LogP contribution in [-0.4, -0.2) is 26.3 Å². The lowest BCUT2D eigenvalue weighted by Crippen LogP contribution is -2.06. The van der Waals surface area contributed by atoms with Crippen LogP contribution in [-0.2, 0) is 14.3 Å². The molecule has 1 rings (SSSR count). The predicted molar refractivity (Wildman–Crippen MR) is 35.5 cm³/mol. The van der Waals surface area contributed by atoms with Crippen molar-refractivity contribution in [1.29, 1.82) is 0 Å². The Kier molecular flexibility index (Phi) is 2.83. The first-order valence-electron chi connectivity index (χ1n) is 3.45. The molecule has 0 saturated carbocycles. The minimum Gasteiger partial charge on any atom is -0.356 e. The highest BCUT2D eigenvalue weighted by Crippen LogP contribution is 2.21. The van der Waals surface area contributed by atoms with Gasteiger partial charge in [-0.1, -0.05) is 0 Å². The van der Waals surface area contributed by atoms with Gasteiger partial charge < -0.3 is 14.3 Å². The zero-order valence-corrected chi connectivity index (χ0v) is 6.08. The van der Waals surface area contributed by atoms with E-state index in [2.05, 4.69) is 0 Å². The summed E-state index contributed by atoms with van der Waals surface area (Å²) in [5.41, 5.74) is 0. The molecule has 1 saturated heterocycles. The van der Waals surface area contributed by atoms with Gasteiger partial charge in [-0.25, -0.2) is 0 Å². The number of ether oxygens (including phenoxy) is 2. The number of carbonyl (C=O) groups is 1. The maximum absolute atomic E-state index is 10.1. The van der Waals surface area contributed by atoms with Crippen molar-refractivity contribution in [3.8, 4) is 0 Å². The Labute approximate surface area is 60.3 Å². The molecule has 0 aliphatic carbocycles. The zero-order chi connectivity index (χ0) is 7.40. The number of carbonyl (C=O) groups excluding carboxylic acids is 1. The average Bonchev–Trinajstić information content (AvgIpc) is 2.37. The highest BCUT2D eigenvalue weighted by atomic mass is 16.7. The van der Waals surface area contributed by atoms with E-state index in [0.717, 1.165) is 12.7 Å². The number of methoxy groups -OCH3 is 1. The lowest BCUT2D eigenvalue weighted by Gasteiger charge is -2.04. The van der Waals surface area contributed by atoms with Crippen molar-refractivity contribution in [3.05, 3.63) is 0 Å². The van der Waals surface area contributed by atoms with Crippen LogP contribution in [0.4, 0.5) is 0 Å². The first-order chi connectivity index (χ1) is 4.86. The van der Waals surface area contributed by atoms with E-state index >= 15 is 0 Å². The molecule has 0 aromatic carbocycles. The van der Waals surface area contributed by atoms with Crippen LogP contribution < -0.4 is 0 Å².